The van der Waals surface area contributed by atoms with Crippen molar-refractivity contribution in [2.24, 2.45) is 4.99 Å². The first-order valence-corrected chi connectivity index (χ1v) is 24.5. The zero-order valence-corrected chi connectivity index (χ0v) is 38.9. The molecule has 72 heavy (non-hydrogen) atoms. The number of nitrogens with one attached hydrogen (secondary N) is 3. The van der Waals surface area contributed by atoms with Crippen molar-refractivity contribution in [1.82, 2.24) is 23.7 Å². The molecule has 1 unspecified atom stereocenters. The van der Waals surface area contributed by atoms with Gasteiger partial charge in [-0.05, 0) is 78.4 Å². The number of aliphatic imine (C=N–C) groups is 1. The van der Waals surface area contributed by atoms with Gasteiger partial charge in [0.25, 0.3) is 0 Å². The molecule has 15 rings (SSSR count). The van der Waals surface area contributed by atoms with Crippen LogP contribution in [0.5, 0.6) is 0 Å². The number of aromatic nitrogens is 4. The second-order valence-electron chi connectivity index (χ2n) is 18.6. The van der Waals surface area contributed by atoms with E-state index < -0.39 is 0 Å². The SMILES string of the molecule is c1ccc(NC2=C(Nn3c4ccccc4c4c3ccc3c5ccccc5n(-c5ccccc5)c34)NC(c3ccccc3)C(n3c4ccccc4c4c3ccc3c5ccccc5n(-c5ccccc5)c34)=N2)cc1. The number of benzene rings is 10. The van der Waals surface area contributed by atoms with Crippen LogP contribution in [0.25, 0.3) is 98.6 Å². The number of hydrogen-bond acceptors (Lipinski definition) is 4. The minimum atomic E-state index is -0.384. The molecule has 0 spiro atoms. The van der Waals surface area contributed by atoms with E-state index in [1.165, 1.54) is 49.0 Å². The molecule has 0 aliphatic carbocycles. The fourth-order valence-corrected chi connectivity index (χ4v) is 11.6. The predicted octanol–water partition coefficient (Wildman–Crippen LogP) is 15.2. The molecule has 0 saturated heterocycles. The summed E-state index contributed by atoms with van der Waals surface area (Å²) >= 11 is 0. The van der Waals surface area contributed by atoms with E-state index in [1.807, 2.05) is 6.07 Å². The third kappa shape index (κ3) is 5.96. The van der Waals surface area contributed by atoms with E-state index in [0.717, 1.165) is 72.5 Å². The summed E-state index contributed by atoms with van der Waals surface area (Å²) < 4.78 is 9.47. The molecule has 0 fully saturated rings. The zero-order valence-electron chi connectivity index (χ0n) is 38.9. The molecule has 10 aromatic carbocycles. The minimum absolute atomic E-state index is 0.384. The second-order valence-corrected chi connectivity index (χ2v) is 18.6. The van der Waals surface area contributed by atoms with Crippen LogP contribution in [0.15, 0.2) is 259 Å². The van der Waals surface area contributed by atoms with Gasteiger partial charge in [-0.1, -0.05) is 170 Å². The van der Waals surface area contributed by atoms with Crippen LogP contribution in [-0.4, -0.2) is 24.2 Å². The quantitative estimate of drug-likeness (QED) is 0.149. The highest BCUT2D eigenvalue weighted by molar-refractivity contribution is 6.28. The van der Waals surface area contributed by atoms with E-state index in [-0.39, 0.29) is 6.04 Å². The van der Waals surface area contributed by atoms with E-state index in [0.29, 0.717) is 5.82 Å². The number of nitrogens with zero attached hydrogens (tertiary/aromatic N) is 5. The third-order valence-electron chi connectivity index (χ3n) is 14.6. The summed E-state index contributed by atoms with van der Waals surface area (Å²) in [5.41, 5.74) is 17.1. The Kier molecular flexibility index (Phi) is 8.85. The maximum Gasteiger partial charge on any atom is 0.174 e. The van der Waals surface area contributed by atoms with Gasteiger partial charge in [0.05, 0.1) is 44.1 Å². The molecular weight excluding hydrogens is 881 g/mol. The van der Waals surface area contributed by atoms with Crippen LogP contribution in [0.1, 0.15) is 11.6 Å². The van der Waals surface area contributed by atoms with Crippen molar-refractivity contribution in [3.8, 4) is 11.4 Å². The van der Waals surface area contributed by atoms with Gasteiger partial charge in [0.15, 0.2) is 11.6 Å². The molecule has 3 N–H and O–H groups in total. The predicted molar refractivity (Wildman–Crippen MR) is 299 cm³/mol. The summed E-state index contributed by atoms with van der Waals surface area (Å²) in [6.07, 6.45) is 0. The Morgan fingerprint density at radius 2 is 0.806 bits per heavy atom. The standard InChI is InChI=1S/C64H44N8/c1-5-21-41(22-6-1)59-64(71-53-35-19-15-31-49(53)57-55(71)39-37-47-45-29-13-17-33-51(45)69(60(47)57)43-25-9-3-10-26-43)67-62(65-42-23-7-2-8-24-42)63(66-59)68-72-54-36-20-16-32-50(54)58-56(72)40-38-48-46-30-14-18-34-52(46)70(61(48)58)44-27-11-4-12-28-44/h1-40,59,65-66,68H. The van der Waals surface area contributed by atoms with Crippen molar-refractivity contribution in [2.45, 2.75) is 6.04 Å². The first-order chi connectivity index (χ1) is 35.8. The van der Waals surface area contributed by atoms with Crippen molar-refractivity contribution in [3.05, 3.63) is 260 Å². The van der Waals surface area contributed by atoms with Gasteiger partial charge in [-0.15, -0.1) is 0 Å². The van der Waals surface area contributed by atoms with Gasteiger partial charge in [0, 0.05) is 60.2 Å². The molecule has 5 heterocycles. The first kappa shape index (κ1) is 40.1. The molecule has 1 atom stereocenters. The van der Waals surface area contributed by atoms with Crippen molar-refractivity contribution in [1.29, 1.82) is 0 Å². The highest BCUT2D eigenvalue weighted by Crippen LogP contribution is 2.44. The third-order valence-corrected chi connectivity index (χ3v) is 14.6. The van der Waals surface area contributed by atoms with E-state index in [4.69, 9.17) is 4.99 Å². The van der Waals surface area contributed by atoms with Crippen LogP contribution >= 0.6 is 0 Å². The van der Waals surface area contributed by atoms with Crippen LogP contribution in [0, 0.1) is 0 Å². The van der Waals surface area contributed by atoms with E-state index >= 15 is 0 Å². The lowest BCUT2D eigenvalue weighted by Crippen LogP contribution is -2.41. The number of anilines is 1. The number of fused-ring (bicyclic) bond motifs is 14. The summed E-state index contributed by atoms with van der Waals surface area (Å²) in [7, 11) is 0. The topological polar surface area (TPSA) is 68.2 Å². The molecule has 0 bridgehead atoms. The fraction of sp³-hybridized carbons (Fsp3) is 0.0156. The lowest BCUT2D eigenvalue weighted by Gasteiger charge is -2.31. The number of hydrogen-bond donors (Lipinski definition) is 3. The van der Waals surface area contributed by atoms with Crippen LogP contribution in [-0.2, 0) is 0 Å². The first-order valence-electron chi connectivity index (χ1n) is 24.5. The van der Waals surface area contributed by atoms with E-state index in [2.05, 4.69) is 271 Å². The molecule has 8 heteroatoms. The second kappa shape index (κ2) is 15.9. The lowest BCUT2D eigenvalue weighted by molar-refractivity contribution is 0.685. The van der Waals surface area contributed by atoms with Crippen LogP contribution < -0.4 is 16.1 Å². The molecule has 0 saturated carbocycles. The Morgan fingerprint density at radius 1 is 0.361 bits per heavy atom. The Morgan fingerprint density at radius 3 is 1.39 bits per heavy atom. The fourth-order valence-electron chi connectivity index (χ4n) is 11.6. The monoisotopic (exact) mass is 924 g/mol. The number of para-hydroxylation sites is 7. The molecule has 0 amide bonds. The molecular formula is C64H44N8. The van der Waals surface area contributed by atoms with Crippen LogP contribution in [0.3, 0.4) is 0 Å². The van der Waals surface area contributed by atoms with Crippen LogP contribution in [0.4, 0.5) is 5.69 Å². The van der Waals surface area contributed by atoms with Gasteiger partial charge in [-0.3, -0.25) is 14.7 Å². The lowest BCUT2D eigenvalue weighted by atomic mass is 10.0. The summed E-state index contributed by atoms with van der Waals surface area (Å²) in [6, 6.07) is 86.2. The van der Waals surface area contributed by atoms with Gasteiger partial charge in [0.1, 0.15) is 11.9 Å². The van der Waals surface area contributed by atoms with Gasteiger partial charge in [-0.25, -0.2) is 4.99 Å². The normalized spacial score (nSPS) is 14.1. The van der Waals surface area contributed by atoms with Crippen molar-refractivity contribution < 1.29 is 0 Å². The molecule has 0 radical (unpaired) electrons. The highest BCUT2D eigenvalue weighted by atomic mass is 15.5. The summed E-state index contributed by atoms with van der Waals surface area (Å²) in [4.78, 5) is 5.83. The summed E-state index contributed by atoms with van der Waals surface area (Å²) in [6.45, 7) is 0. The largest absolute Gasteiger partial charge is 0.354 e. The Hall–Kier alpha value is -9.79. The Bertz CT molecular complexity index is 4520. The van der Waals surface area contributed by atoms with Crippen molar-refractivity contribution in [3.63, 3.8) is 0 Å². The van der Waals surface area contributed by atoms with Gasteiger partial charge >= 0.3 is 0 Å². The maximum atomic E-state index is 5.83. The highest BCUT2D eigenvalue weighted by Gasteiger charge is 2.32. The number of rotatable bonds is 7. The molecule has 8 nitrogen and oxygen atoms in total. The average Bonchev–Trinajstić information content (AvgIpc) is 4.17. The zero-order chi connectivity index (χ0) is 47.3. The molecule has 1 aliphatic heterocycles. The van der Waals surface area contributed by atoms with Gasteiger partial charge in [0.2, 0.25) is 0 Å². The maximum absolute atomic E-state index is 5.83. The molecule has 340 valence electrons. The van der Waals surface area contributed by atoms with E-state index in [1.54, 1.807) is 0 Å². The van der Waals surface area contributed by atoms with Crippen molar-refractivity contribution in [2.75, 3.05) is 10.7 Å². The summed E-state index contributed by atoms with van der Waals surface area (Å²) in [5, 5.41) is 17.4. The van der Waals surface area contributed by atoms with E-state index in [9.17, 15) is 0 Å². The summed E-state index contributed by atoms with van der Waals surface area (Å²) in [5.74, 6) is 2.23. The minimum Gasteiger partial charge on any atom is -0.354 e. The molecule has 14 aromatic rings. The Labute approximate surface area is 413 Å². The Balaban J connectivity index is 1.01. The average molecular weight is 925 g/mol. The van der Waals surface area contributed by atoms with Gasteiger partial charge in [-0.2, -0.15) is 0 Å². The van der Waals surface area contributed by atoms with Crippen molar-refractivity contribution >= 4 is 98.7 Å². The van der Waals surface area contributed by atoms with Crippen LogP contribution in [0.2, 0.25) is 0 Å². The molecule has 1 aliphatic rings. The molecule has 4 aromatic heterocycles. The smallest absolute Gasteiger partial charge is 0.174 e. The van der Waals surface area contributed by atoms with Gasteiger partial charge < -0.3 is 19.8 Å².